The van der Waals surface area contributed by atoms with Gasteiger partial charge in [0.05, 0.1) is 0 Å². The molecule has 4 nitrogen and oxygen atoms in total. The summed E-state index contributed by atoms with van der Waals surface area (Å²) in [5, 5.41) is 38.1. The minimum Gasteiger partial charge on any atom is -0.504 e. The molecule has 122 valence electrons. The van der Waals surface area contributed by atoms with E-state index in [9.17, 15) is 20.4 Å². The maximum atomic E-state index is 9.63. The van der Waals surface area contributed by atoms with Crippen LogP contribution < -0.4 is 0 Å². The molecule has 2 aromatic carbocycles. The minimum absolute atomic E-state index is 0.0690. The van der Waals surface area contributed by atoms with Gasteiger partial charge in [-0.3, -0.25) is 0 Å². The van der Waals surface area contributed by atoms with Gasteiger partial charge in [0.1, 0.15) is 0 Å². The summed E-state index contributed by atoms with van der Waals surface area (Å²) in [7, 11) is 0. The lowest BCUT2D eigenvalue weighted by Gasteiger charge is -2.20. The molecule has 2 atom stereocenters. The molecule has 3 rings (SSSR count). The number of phenolic OH excluding ortho intramolecular Hbond substituents is 4. The summed E-state index contributed by atoms with van der Waals surface area (Å²) in [6.07, 6.45) is 5.24. The normalized spacial score (nSPS) is 20.7. The van der Waals surface area contributed by atoms with E-state index in [1.165, 1.54) is 18.6 Å². The smallest absolute Gasteiger partial charge is 0.157 e. The molecule has 1 fully saturated rings. The van der Waals surface area contributed by atoms with E-state index in [-0.39, 0.29) is 23.0 Å². The van der Waals surface area contributed by atoms with E-state index in [0.29, 0.717) is 11.8 Å². The van der Waals surface area contributed by atoms with Gasteiger partial charge in [0.15, 0.2) is 23.0 Å². The second-order valence-electron chi connectivity index (χ2n) is 6.51. The van der Waals surface area contributed by atoms with Gasteiger partial charge in [0.2, 0.25) is 0 Å². The van der Waals surface area contributed by atoms with Crippen molar-refractivity contribution in [2.24, 2.45) is 11.8 Å². The van der Waals surface area contributed by atoms with Crippen LogP contribution >= 0.6 is 0 Å². The van der Waals surface area contributed by atoms with Crippen LogP contribution in [0.25, 0.3) is 0 Å². The van der Waals surface area contributed by atoms with Crippen LogP contribution in [0.4, 0.5) is 0 Å². The molecule has 0 bridgehead atoms. The molecule has 0 spiro atoms. The fraction of sp³-hybridized carbons (Fsp3) is 0.368. The first-order valence-corrected chi connectivity index (χ1v) is 8.04. The molecule has 4 heteroatoms. The van der Waals surface area contributed by atoms with Gasteiger partial charge in [-0.1, -0.05) is 18.6 Å². The highest BCUT2D eigenvalue weighted by Gasteiger charge is 2.27. The molecule has 0 saturated heterocycles. The van der Waals surface area contributed by atoms with Gasteiger partial charge in [-0.25, -0.2) is 0 Å². The van der Waals surface area contributed by atoms with Crippen LogP contribution in [0.5, 0.6) is 23.0 Å². The number of benzene rings is 2. The molecular weight excluding hydrogens is 292 g/mol. The third-order valence-electron chi connectivity index (χ3n) is 4.89. The fourth-order valence-corrected chi connectivity index (χ4v) is 3.65. The zero-order chi connectivity index (χ0) is 16.4. The molecule has 0 amide bonds. The van der Waals surface area contributed by atoms with Crippen molar-refractivity contribution < 1.29 is 20.4 Å². The highest BCUT2D eigenvalue weighted by molar-refractivity contribution is 5.41. The molecule has 0 heterocycles. The molecule has 1 saturated carbocycles. The summed E-state index contributed by atoms with van der Waals surface area (Å²) < 4.78 is 0. The van der Waals surface area contributed by atoms with E-state index in [1.54, 1.807) is 12.1 Å². The van der Waals surface area contributed by atoms with E-state index in [2.05, 4.69) is 0 Å². The molecule has 0 aromatic heterocycles. The number of hydrogen-bond donors (Lipinski definition) is 4. The zero-order valence-corrected chi connectivity index (χ0v) is 12.9. The second kappa shape index (κ2) is 6.41. The van der Waals surface area contributed by atoms with Gasteiger partial charge in [0.25, 0.3) is 0 Å². The zero-order valence-electron chi connectivity index (χ0n) is 12.9. The molecule has 1 aliphatic rings. The Kier molecular flexibility index (Phi) is 4.33. The van der Waals surface area contributed by atoms with E-state index in [4.69, 9.17) is 0 Å². The summed E-state index contributed by atoms with van der Waals surface area (Å²) in [5.41, 5.74) is 2.07. The molecule has 0 aliphatic heterocycles. The minimum atomic E-state index is -0.0868. The largest absolute Gasteiger partial charge is 0.504 e. The number of aromatic hydroxyl groups is 4. The van der Waals surface area contributed by atoms with Crippen molar-refractivity contribution in [2.45, 2.75) is 32.1 Å². The first-order valence-electron chi connectivity index (χ1n) is 8.04. The van der Waals surface area contributed by atoms with E-state index in [1.807, 2.05) is 12.1 Å². The molecular formula is C19H22O4. The topological polar surface area (TPSA) is 80.9 Å². The van der Waals surface area contributed by atoms with Gasteiger partial charge in [0, 0.05) is 0 Å². The van der Waals surface area contributed by atoms with Gasteiger partial charge < -0.3 is 20.4 Å². The van der Waals surface area contributed by atoms with Crippen molar-refractivity contribution in [3.8, 4) is 23.0 Å². The van der Waals surface area contributed by atoms with Gasteiger partial charge in [-0.05, 0) is 72.9 Å². The van der Waals surface area contributed by atoms with Crippen LogP contribution in [0, 0.1) is 11.8 Å². The van der Waals surface area contributed by atoms with Gasteiger partial charge in [-0.15, -0.1) is 0 Å². The van der Waals surface area contributed by atoms with E-state index in [0.717, 1.165) is 36.8 Å². The van der Waals surface area contributed by atoms with Crippen LogP contribution in [0.15, 0.2) is 36.4 Å². The van der Waals surface area contributed by atoms with Crippen molar-refractivity contribution in [3.63, 3.8) is 0 Å². The van der Waals surface area contributed by atoms with Gasteiger partial charge in [-0.2, -0.15) is 0 Å². The Bertz CT molecular complexity index is 636. The Hall–Kier alpha value is -2.36. The van der Waals surface area contributed by atoms with Crippen LogP contribution in [-0.4, -0.2) is 20.4 Å². The average Bonchev–Trinajstić information content (AvgIpc) is 2.94. The predicted molar refractivity (Wildman–Crippen MR) is 87.8 cm³/mol. The lowest BCUT2D eigenvalue weighted by Crippen LogP contribution is -2.13. The quantitative estimate of drug-likeness (QED) is 0.649. The first-order chi connectivity index (χ1) is 11.0. The monoisotopic (exact) mass is 314 g/mol. The van der Waals surface area contributed by atoms with Crippen molar-refractivity contribution in [1.29, 1.82) is 0 Å². The van der Waals surface area contributed by atoms with Crippen molar-refractivity contribution in [2.75, 3.05) is 0 Å². The summed E-state index contributed by atoms with van der Waals surface area (Å²) in [5.74, 6) is 0.735. The average molecular weight is 314 g/mol. The summed E-state index contributed by atoms with van der Waals surface area (Å²) in [6, 6.07) is 10.1. The maximum Gasteiger partial charge on any atom is 0.157 e. The first kappa shape index (κ1) is 15.5. The summed E-state index contributed by atoms with van der Waals surface area (Å²) in [6.45, 7) is 0. The van der Waals surface area contributed by atoms with Crippen molar-refractivity contribution in [1.82, 2.24) is 0 Å². The number of rotatable bonds is 4. The summed E-state index contributed by atoms with van der Waals surface area (Å²) >= 11 is 0. The van der Waals surface area contributed by atoms with Crippen LogP contribution in [-0.2, 0) is 12.8 Å². The molecule has 4 N–H and O–H groups in total. The highest BCUT2D eigenvalue weighted by Crippen LogP contribution is 2.38. The van der Waals surface area contributed by atoms with Crippen molar-refractivity contribution in [3.05, 3.63) is 47.5 Å². The van der Waals surface area contributed by atoms with Crippen LogP contribution in [0.3, 0.4) is 0 Å². The number of phenols is 4. The van der Waals surface area contributed by atoms with Gasteiger partial charge >= 0.3 is 0 Å². The number of hydrogen-bond acceptors (Lipinski definition) is 4. The highest BCUT2D eigenvalue weighted by atomic mass is 16.3. The second-order valence-corrected chi connectivity index (χ2v) is 6.51. The van der Waals surface area contributed by atoms with E-state index >= 15 is 0 Å². The Morgan fingerprint density at radius 2 is 1.09 bits per heavy atom. The Labute approximate surface area is 135 Å². The Morgan fingerprint density at radius 3 is 1.48 bits per heavy atom. The van der Waals surface area contributed by atoms with Crippen LogP contribution in [0.2, 0.25) is 0 Å². The third kappa shape index (κ3) is 3.52. The fourth-order valence-electron chi connectivity index (χ4n) is 3.65. The Morgan fingerprint density at radius 1 is 0.652 bits per heavy atom. The Balaban J connectivity index is 1.69. The molecule has 0 radical (unpaired) electrons. The van der Waals surface area contributed by atoms with Crippen LogP contribution in [0.1, 0.15) is 30.4 Å². The van der Waals surface area contributed by atoms with E-state index < -0.39 is 0 Å². The molecule has 2 aromatic rings. The van der Waals surface area contributed by atoms with Crippen molar-refractivity contribution >= 4 is 0 Å². The standard InChI is InChI=1S/C19H22O4/c20-16-6-4-12(10-18(16)22)8-14-2-1-3-15(14)9-13-5-7-17(21)19(23)11-13/h4-7,10-11,14-15,20-23H,1-3,8-9H2. The molecule has 23 heavy (non-hydrogen) atoms. The SMILES string of the molecule is Oc1ccc(CC2CCCC2Cc2ccc(O)c(O)c2)cc1O. The third-order valence-corrected chi connectivity index (χ3v) is 4.89. The molecule has 1 aliphatic carbocycles. The summed E-state index contributed by atoms with van der Waals surface area (Å²) in [4.78, 5) is 0. The predicted octanol–water partition coefficient (Wildman–Crippen LogP) is 3.71. The molecule has 2 unspecified atom stereocenters. The lowest BCUT2D eigenvalue weighted by atomic mass is 9.85. The maximum absolute atomic E-state index is 9.63. The lowest BCUT2D eigenvalue weighted by molar-refractivity contribution is 0.377.